The van der Waals surface area contributed by atoms with Crippen LogP contribution in [0.1, 0.15) is 23.5 Å². The second-order valence-electron chi connectivity index (χ2n) is 6.45. The van der Waals surface area contributed by atoms with Gasteiger partial charge in [-0.25, -0.2) is 22.4 Å². The van der Waals surface area contributed by atoms with Gasteiger partial charge in [0.1, 0.15) is 23.3 Å². The minimum absolute atomic E-state index is 0.145. The van der Waals surface area contributed by atoms with Gasteiger partial charge in [-0.1, -0.05) is 0 Å². The topological polar surface area (TPSA) is 74.6 Å². The third-order valence-electron chi connectivity index (χ3n) is 3.81. The largest absolute Gasteiger partial charge is 0.481 e. The van der Waals surface area contributed by atoms with Gasteiger partial charge in [0.25, 0.3) is 0 Å². The SMILES string of the molecule is O=C(O)/C=C(\c1cc(F)cc(F)c1)C(F)(F)F.O=C(O)C[C@@H](c1cc(F)cc(F)c1)C(F)(F)F. The van der Waals surface area contributed by atoms with Crippen LogP contribution >= 0.6 is 0 Å². The second-order valence-corrected chi connectivity index (χ2v) is 6.45. The van der Waals surface area contributed by atoms with Crippen molar-refractivity contribution in [2.75, 3.05) is 0 Å². The molecule has 0 unspecified atom stereocenters. The molecule has 0 aromatic heterocycles. The minimum Gasteiger partial charge on any atom is -0.481 e. The van der Waals surface area contributed by atoms with E-state index in [4.69, 9.17) is 10.2 Å². The number of alkyl halides is 6. The van der Waals surface area contributed by atoms with Gasteiger partial charge in [-0.15, -0.1) is 0 Å². The Morgan fingerprint density at radius 1 is 0.765 bits per heavy atom. The van der Waals surface area contributed by atoms with Gasteiger partial charge < -0.3 is 10.2 Å². The van der Waals surface area contributed by atoms with Crippen LogP contribution in [-0.2, 0) is 9.59 Å². The lowest BCUT2D eigenvalue weighted by atomic mass is 9.95. The monoisotopic (exact) mass is 506 g/mol. The van der Waals surface area contributed by atoms with Crippen LogP contribution in [0.4, 0.5) is 43.9 Å². The lowest BCUT2D eigenvalue weighted by Crippen LogP contribution is -2.23. The van der Waals surface area contributed by atoms with E-state index in [1.807, 2.05) is 0 Å². The smallest absolute Gasteiger partial charge is 0.417 e. The van der Waals surface area contributed by atoms with E-state index in [0.29, 0.717) is 36.4 Å². The molecule has 2 aromatic rings. The van der Waals surface area contributed by atoms with Crippen molar-refractivity contribution in [1.82, 2.24) is 0 Å². The summed E-state index contributed by atoms with van der Waals surface area (Å²) in [6.45, 7) is 0. The van der Waals surface area contributed by atoms with Gasteiger partial charge in [0.05, 0.1) is 17.9 Å². The molecule has 4 nitrogen and oxygen atoms in total. The molecule has 0 fully saturated rings. The normalized spacial score (nSPS) is 13.1. The van der Waals surface area contributed by atoms with E-state index in [-0.39, 0.29) is 6.08 Å². The molecule has 1 atom stereocenters. The summed E-state index contributed by atoms with van der Waals surface area (Å²) < 4.78 is 126. The molecule has 2 rings (SSSR count). The van der Waals surface area contributed by atoms with Gasteiger partial charge in [-0.3, -0.25) is 4.79 Å². The van der Waals surface area contributed by atoms with E-state index in [9.17, 15) is 53.5 Å². The Balaban J connectivity index is 0.000000340. The fourth-order valence-corrected chi connectivity index (χ4v) is 2.54. The predicted octanol–water partition coefficient (Wildman–Crippen LogP) is 6.08. The van der Waals surface area contributed by atoms with Crippen molar-refractivity contribution >= 4 is 17.5 Å². The summed E-state index contributed by atoms with van der Waals surface area (Å²) >= 11 is 0. The van der Waals surface area contributed by atoms with Crippen LogP contribution in [0.25, 0.3) is 5.57 Å². The van der Waals surface area contributed by atoms with Gasteiger partial charge in [0.2, 0.25) is 0 Å². The highest BCUT2D eigenvalue weighted by Gasteiger charge is 2.42. The van der Waals surface area contributed by atoms with Crippen molar-refractivity contribution in [3.63, 3.8) is 0 Å². The van der Waals surface area contributed by atoms with E-state index in [2.05, 4.69) is 0 Å². The van der Waals surface area contributed by atoms with Crippen molar-refractivity contribution in [1.29, 1.82) is 0 Å². The van der Waals surface area contributed by atoms with Crippen molar-refractivity contribution in [3.05, 3.63) is 76.9 Å². The Hall–Kier alpha value is -3.58. The molecule has 0 aliphatic rings. The van der Waals surface area contributed by atoms with Gasteiger partial charge in [-0.05, 0) is 35.4 Å². The minimum atomic E-state index is -5.02. The fraction of sp³-hybridized carbons (Fsp3) is 0.200. The highest BCUT2D eigenvalue weighted by Crippen LogP contribution is 2.38. The van der Waals surface area contributed by atoms with Crippen LogP contribution in [-0.4, -0.2) is 34.5 Å². The molecule has 2 aromatic carbocycles. The summed E-state index contributed by atoms with van der Waals surface area (Å²) in [7, 11) is 0. The Morgan fingerprint density at radius 3 is 1.50 bits per heavy atom. The number of rotatable bonds is 5. The average Bonchev–Trinajstić information content (AvgIpc) is 2.61. The second kappa shape index (κ2) is 11.0. The van der Waals surface area contributed by atoms with E-state index in [1.165, 1.54) is 0 Å². The molecule has 14 heteroatoms. The van der Waals surface area contributed by atoms with Gasteiger partial charge in [0.15, 0.2) is 0 Å². The van der Waals surface area contributed by atoms with Crippen molar-refractivity contribution in [2.45, 2.75) is 24.7 Å². The maximum Gasteiger partial charge on any atom is 0.417 e. The maximum absolute atomic E-state index is 12.8. The number of carbonyl (C=O) groups is 2. The Labute approximate surface area is 183 Å². The molecule has 0 aliphatic heterocycles. The highest BCUT2D eigenvalue weighted by molar-refractivity contribution is 5.91. The Bertz CT molecular complexity index is 1030. The lowest BCUT2D eigenvalue weighted by molar-refractivity contribution is -0.163. The maximum atomic E-state index is 12.8. The molecule has 0 saturated heterocycles. The zero-order valence-electron chi connectivity index (χ0n) is 16.3. The average molecular weight is 506 g/mol. The van der Waals surface area contributed by atoms with Gasteiger partial charge in [0, 0.05) is 18.2 Å². The van der Waals surface area contributed by atoms with Crippen molar-refractivity contribution < 1.29 is 63.7 Å². The zero-order valence-corrected chi connectivity index (χ0v) is 16.3. The van der Waals surface area contributed by atoms with E-state index >= 15 is 0 Å². The van der Waals surface area contributed by atoms with E-state index in [1.54, 1.807) is 0 Å². The first-order valence-corrected chi connectivity index (χ1v) is 8.63. The van der Waals surface area contributed by atoms with Crippen LogP contribution < -0.4 is 0 Å². The third kappa shape index (κ3) is 9.11. The molecule has 0 aliphatic carbocycles. The number of carboxylic acid groups (broad SMARTS) is 2. The first-order valence-electron chi connectivity index (χ1n) is 8.63. The predicted molar refractivity (Wildman–Crippen MR) is 95.4 cm³/mol. The fourth-order valence-electron chi connectivity index (χ4n) is 2.54. The number of halogens is 10. The standard InChI is InChI=1S/C10H7F5O2.C10H5F5O2/c2*11-6-1-5(2-7(12)3-6)8(4-9(16)17)10(13,14)15/h1-3,8H,4H2,(H,16,17);1-4H,(H,16,17)/b;8-4+/t8-;/m0./s1. The molecule has 0 heterocycles. The summed E-state index contributed by atoms with van der Waals surface area (Å²) in [4.78, 5) is 20.5. The quantitative estimate of drug-likeness (QED) is 0.381. The van der Waals surface area contributed by atoms with Gasteiger partial charge in [-0.2, -0.15) is 26.3 Å². The number of carboxylic acids is 2. The molecule has 186 valence electrons. The van der Waals surface area contributed by atoms with Crippen LogP contribution in [0.2, 0.25) is 0 Å². The molecule has 2 N–H and O–H groups in total. The van der Waals surface area contributed by atoms with Crippen molar-refractivity contribution in [3.8, 4) is 0 Å². The van der Waals surface area contributed by atoms with E-state index in [0.717, 1.165) is 0 Å². The highest BCUT2D eigenvalue weighted by atomic mass is 19.4. The molecule has 0 radical (unpaired) electrons. The molecule has 0 amide bonds. The van der Waals surface area contributed by atoms with Crippen LogP contribution in [0, 0.1) is 23.3 Å². The molecule has 34 heavy (non-hydrogen) atoms. The molecule has 0 bridgehead atoms. The first kappa shape index (κ1) is 28.5. The lowest BCUT2D eigenvalue weighted by Gasteiger charge is -2.18. The summed E-state index contributed by atoms with van der Waals surface area (Å²) in [6, 6.07) is 2.57. The molecular formula is C20H12F10O4. The molecule has 0 saturated carbocycles. The third-order valence-corrected chi connectivity index (χ3v) is 3.81. The van der Waals surface area contributed by atoms with E-state index < -0.39 is 76.6 Å². The van der Waals surface area contributed by atoms with Crippen LogP contribution in [0.5, 0.6) is 0 Å². The molecule has 0 spiro atoms. The number of aliphatic carboxylic acids is 2. The zero-order chi connectivity index (χ0) is 26.4. The van der Waals surface area contributed by atoms with Gasteiger partial charge >= 0.3 is 24.3 Å². The summed E-state index contributed by atoms with van der Waals surface area (Å²) in [5, 5.41) is 16.6. The number of allylic oxidation sites excluding steroid dienone is 1. The summed E-state index contributed by atoms with van der Waals surface area (Å²) in [6.07, 6.45) is -11.3. The Kier molecular flexibility index (Phi) is 9.23. The Morgan fingerprint density at radius 2 is 1.18 bits per heavy atom. The number of hydrogen-bond donors (Lipinski definition) is 2. The van der Waals surface area contributed by atoms with Crippen molar-refractivity contribution in [2.24, 2.45) is 0 Å². The van der Waals surface area contributed by atoms with Crippen LogP contribution in [0.3, 0.4) is 0 Å². The number of hydrogen-bond acceptors (Lipinski definition) is 2. The first-order chi connectivity index (χ1) is 15.4. The van der Waals surface area contributed by atoms with Crippen LogP contribution in [0.15, 0.2) is 42.5 Å². The summed E-state index contributed by atoms with van der Waals surface area (Å²) in [5.41, 5.74) is -3.24. The summed E-state index contributed by atoms with van der Waals surface area (Å²) in [5.74, 6) is -10.8. The number of benzene rings is 2. The molecular weight excluding hydrogens is 494 g/mol.